The predicted molar refractivity (Wildman–Crippen MR) is 55.1 cm³/mol. The molecule has 17 heavy (non-hydrogen) atoms. The summed E-state index contributed by atoms with van der Waals surface area (Å²) in [5.74, 6) is -1.55. The molecule has 3 nitrogen and oxygen atoms in total. The van der Waals surface area contributed by atoms with Crippen molar-refractivity contribution in [3.63, 3.8) is 0 Å². The molecular formula is C10H7ClF3NO2. The van der Waals surface area contributed by atoms with Crippen molar-refractivity contribution < 1.29 is 22.7 Å². The zero-order valence-corrected chi connectivity index (χ0v) is 9.32. The number of halogens is 4. The van der Waals surface area contributed by atoms with Crippen molar-refractivity contribution in [1.29, 1.82) is 0 Å². The van der Waals surface area contributed by atoms with Crippen molar-refractivity contribution >= 4 is 23.2 Å². The maximum absolute atomic E-state index is 12.6. The lowest BCUT2D eigenvalue weighted by molar-refractivity contribution is -0.212. The molecule has 1 aliphatic rings. The van der Waals surface area contributed by atoms with Gasteiger partial charge in [-0.2, -0.15) is 13.2 Å². The van der Waals surface area contributed by atoms with Gasteiger partial charge in [-0.3, -0.25) is 4.79 Å². The quantitative estimate of drug-likeness (QED) is 0.733. The molecule has 1 atom stereocenters. The van der Waals surface area contributed by atoms with Gasteiger partial charge in [0.05, 0.1) is 5.69 Å². The summed E-state index contributed by atoms with van der Waals surface area (Å²) < 4.78 is 42.5. The number of benzene rings is 1. The molecule has 1 aromatic carbocycles. The first-order chi connectivity index (χ1) is 7.74. The third kappa shape index (κ3) is 1.82. The zero-order chi connectivity index (χ0) is 12.8. The standard InChI is InChI=1S/C10H7ClF3NO2/c1-5-2-3-7-6(4-5)15-8(16)9(11,17-7)10(12,13)14/h2-4H,1H3,(H,15,16). The Balaban J connectivity index is 2.47. The van der Waals surface area contributed by atoms with Crippen molar-refractivity contribution in [2.24, 2.45) is 0 Å². The van der Waals surface area contributed by atoms with Gasteiger partial charge in [-0.15, -0.1) is 0 Å². The molecule has 0 aromatic heterocycles. The molecule has 1 heterocycles. The Labute approximate surface area is 99.5 Å². The van der Waals surface area contributed by atoms with Crippen LogP contribution in [0.15, 0.2) is 18.2 Å². The molecule has 1 N–H and O–H groups in total. The Kier molecular flexibility index (Phi) is 2.50. The number of ether oxygens (including phenoxy) is 1. The van der Waals surface area contributed by atoms with E-state index in [1.807, 2.05) is 0 Å². The molecule has 1 aliphatic heterocycles. The van der Waals surface area contributed by atoms with Gasteiger partial charge in [0, 0.05) is 0 Å². The summed E-state index contributed by atoms with van der Waals surface area (Å²) in [5, 5.41) is -1.28. The Morgan fingerprint density at radius 2 is 2.06 bits per heavy atom. The number of alkyl halides is 4. The van der Waals surface area contributed by atoms with Crippen LogP contribution >= 0.6 is 11.6 Å². The Morgan fingerprint density at radius 1 is 1.41 bits per heavy atom. The predicted octanol–water partition coefficient (Wildman–Crippen LogP) is 2.82. The summed E-state index contributed by atoms with van der Waals surface area (Å²) in [5.41, 5.74) is 0.956. The smallest absolute Gasteiger partial charge is 0.453 e. The summed E-state index contributed by atoms with van der Waals surface area (Å²) in [6.45, 7) is 1.73. The molecule has 0 spiro atoms. The number of anilines is 1. The molecule has 1 unspecified atom stereocenters. The van der Waals surface area contributed by atoms with Gasteiger partial charge < -0.3 is 10.1 Å². The second kappa shape index (κ2) is 3.53. The summed E-state index contributed by atoms with van der Waals surface area (Å²) >= 11 is 5.21. The average Bonchev–Trinajstić information content (AvgIpc) is 2.19. The van der Waals surface area contributed by atoms with Gasteiger partial charge in [-0.05, 0) is 24.6 Å². The largest absolute Gasteiger partial charge is 0.453 e. The first kappa shape index (κ1) is 12.0. The van der Waals surface area contributed by atoms with Crippen LogP contribution in [0.3, 0.4) is 0 Å². The fourth-order valence-corrected chi connectivity index (χ4v) is 1.55. The van der Waals surface area contributed by atoms with Crippen molar-refractivity contribution in [2.75, 3.05) is 5.32 Å². The highest BCUT2D eigenvalue weighted by atomic mass is 35.5. The Hall–Kier alpha value is -1.43. The van der Waals surface area contributed by atoms with E-state index in [9.17, 15) is 18.0 Å². The number of rotatable bonds is 0. The number of amides is 1. The van der Waals surface area contributed by atoms with E-state index in [4.69, 9.17) is 11.6 Å². The first-order valence-corrected chi connectivity index (χ1v) is 4.98. The van der Waals surface area contributed by atoms with E-state index in [-0.39, 0.29) is 11.4 Å². The van der Waals surface area contributed by atoms with Crippen molar-refractivity contribution in [3.05, 3.63) is 23.8 Å². The fourth-order valence-electron chi connectivity index (χ4n) is 1.42. The second-order valence-electron chi connectivity index (χ2n) is 3.65. The molecule has 0 fully saturated rings. The van der Waals surface area contributed by atoms with E-state index in [0.717, 1.165) is 5.56 Å². The molecule has 0 saturated heterocycles. The molecule has 0 radical (unpaired) electrons. The van der Waals surface area contributed by atoms with Crippen molar-refractivity contribution in [2.45, 2.75) is 18.2 Å². The number of hydrogen-bond donors (Lipinski definition) is 1. The topological polar surface area (TPSA) is 38.3 Å². The van der Waals surface area contributed by atoms with Crippen LogP contribution in [0.5, 0.6) is 5.75 Å². The molecule has 1 aromatic rings. The van der Waals surface area contributed by atoms with Gasteiger partial charge in [0.1, 0.15) is 5.75 Å². The number of fused-ring (bicyclic) bond motifs is 1. The van der Waals surface area contributed by atoms with Gasteiger partial charge in [-0.1, -0.05) is 17.7 Å². The third-order valence-electron chi connectivity index (χ3n) is 2.29. The lowest BCUT2D eigenvalue weighted by Crippen LogP contribution is -2.56. The van der Waals surface area contributed by atoms with Gasteiger partial charge in [0.25, 0.3) is 5.91 Å². The van der Waals surface area contributed by atoms with Crippen molar-refractivity contribution in [3.8, 4) is 5.75 Å². The normalized spacial score (nSPS) is 23.7. The minimum Gasteiger partial charge on any atom is -0.453 e. The van der Waals surface area contributed by atoms with Crippen LogP contribution < -0.4 is 10.1 Å². The fraction of sp³-hybridized carbons (Fsp3) is 0.300. The van der Waals surface area contributed by atoms with Gasteiger partial charge in [-0.25, -0.2) is 0 Å². The van der Waals surface area contributed by atoms with Gasteiger partial charge in [0.15, 0.2) is 0 Å². The molecule has 0 bridgehead atoms. The number of nitrogens with one attached hydrogen (secondary N) is 1. The molecule has 92 valence electrons. The van der Waals surface area contributed by atoms with Crippen LogP contribution in [0.1, 0.15) is 5.56 Å². The zero-order valence-electron chi connectivity index (χ0n) is 8.56. The monoisotopic (exact) mass is 265 g/mol. The Morgan fingerprint density at radius 3 is 2.65 bits per heavy atom. The van der Waals surface area contributed by atoms with E-state index in [0.29, 0.717) is 0 Å². The number of aryl methyl sites for hydroxylation is 1. The van der Waals surface area contributed by atoms with E-state index in [1.165, 1.54) is 12.1 Å². The minimum absolute atomic E-state index is 0.109. The van der Waals surface area contributed by atoms with E-state index in [2.05, 4.69) is 10.1 Å². The molecule has 2 rings (SSSR count). The van der Waals surface area contributed by atoms with Crippen LogP contribution in [0.2, 0.25) is 0 Å². The molecule has 1 amide bonds. The minimum atomic E-state index is -5.00. The maximum atomic E-state index is 12.6. The summed E-state index contributed by atoms with van der Waals surface area (Å²) in [6.07, 6.45) is -5.00. The highest BCUT2D eigenvalue weighted by Crippen LogP contribution is 2.44. The van der Waals surface area contributed by atoms with E-state index in [1.54, 1.807) is 13.0 Å². The SMILES string of the molecule is Cc1ccc2c(c1)NC(=O)C(Cl)(C(F)(F)F)O2. The highest BCUT2D eigenvalue weighted by Gasteiger charge is 2.64. The van der Waals surface area contributed by atoms with Crippen LogP contribution in [-0.4, -0.2) is 17.1 Å². The number of carbonyl (C=O) groups excluding carboxylic acids is 1. The van der Waals surface area contributed by atoms with Crippen LogP contribution in [0, 0.1) is 6.92 Å². The molecule has 0 saturated carbocycles. The first-order valence-electron chi connectivity index (χ1n) is 4.61. The van der Waals surface area contributed by atoms with E-state index >= 15 is 0 Å². The lowest BCUT2D eigenvalue weighted by Gasteiger charge is -2.33. The van der Waals surface area contributed by atoms with Crippen molar-refractivity contribution in [1.82, 2.24) is 0 Å². The summed E-state index contributed by atoms with van der Waals surface area (Å²) in [7, 11) is 0. The summed E-state index contributed by atoms with van der Waals surface area (Å²) in [6, 6.07) is 4.39. The Bertz CT molecular complexity index is 489. The molecule has 0 aliphatic carbocycles. The van der Waals surface area contributed by atoms with E-state index < -0.39 is 17.1 Å². The third-order valence-corrected chi connectivity index (χ3v) is 2.75. The maximum Gasteiger partial charge on any atom is 0.453 e. The highest BCUT2D eigenvalue weighted by molar-refractivity contribution is 6.37. The number of hydrogen-bond acceptors (Lipinski definition) is 2. The van der Waals surface area contributed by atoms with Gasteiger partial charge in [0.2, 0.25) is 0 Å². The molecule has 7 heteroatoms. The van der Waals surface area contributed by atoms with Gasteiger partial charge >= 0.3 is 11.2 Å². The average molecular weight is 266 g/mol. The second-order valence-corrected chi connectivity index (χ2v) is 4.18. The van der Waals surface area contributed by atoms with Crippen LogP contribution in [-0.2, 0) is 4.79 Å². The number of carbonyl (C=O) groups is 1. The van der Waals surface area contributed by atoms with Crippen LogP contribution in [0.4, 0.5) is 18.9 Å². The summed E-state index contributed by atoms with van der Waals surface area (Å²) in [4.78, 5) is 11.3. The lowest BCUT2D eigenvalue weighted by atomic mass is 10.1. The van der Waals surface area contributed by atoms with Crippen LogP contribution in [0.25, 0.3) is 0 Å². The molecular weight excluding hydrogens is 259 g/mol.